The zero-order valence-electron chi connectivity index (χ0n) is 9.23. The first-order valence-electron chi connectivity index (χ1n) is 5.19. The summed E-state index contributed by atoms with van der Waals surface area (Å²) >= 11 is 0. The summed E-state index contributed by atoms with van der Waals surface area (Å²) in [6, 6.07) is 4.06. The molecule has 18 heavy (non-hydrogen) atoms. The summed E-state index contributed by atoms with van der Waals surface area (Å²) in [4.78, 5) is 10.8. The van der Waals surface area contributed by atoms with E-state index >= 15 is 0 Å². The van der Waals surface area contributed by atoms with Crippen molar-refractivity contribution in [1.29, 1.82) is 0 Å². The van der Waals surface area contributed by atoms with Gasteiger partial charge in [-0.1, -0.05) is 6.07 Å². The first kappa shape index (κ1) is 12.9. The standard InChI is InChI=1S/C10H11FN2O4S/c11-7-2-1-3-8(4-7)13(12-15)9-5-18(16,17)6-10(9)14/h1-4,9-10,14H,5-6H2. The van der Waals surface area contributed by atoms with Gasteiger partial charge in [-0.25, -0.2) is 17.8 Å². The molecular formula is C10H11FN2O4S. The van der Waals surface area contributed by atoms with Crippen molar-refractivity contribution in [2.45, 2.75) is 12.1 Å². The van der Waals surface area contributed by atoms with Crippen LogP contribution in [0.15, 0.2) is 29.6 Å². The van der Waals surface area contributed by atoms with Gasteiger partial charge < -0.3 is 5.11 Å². The van der Waals surface area contributed by atoms with Gasteiger partial charge in [0.1, 0.15) is 5.82 Å². The number of nitrogens with zero attached hydrogens (tertiary/aromatic N) is 2. The summed E-state index contributed by atoms with van der Waals surface area (Å²) in [5.41, 5.74) is 0.117. The van der Waals surface area contributed by atoms with Crippen molar-refractivity contribution in [3.8, 4) is 0 Å². The van der Waals surface area contributed by atoms with Gasteiger partial charge in [0.05, 0.1) is 34.6 Å². The van der Waals surface area contributed by atoms with Gasteiger partial charge in [0, 0.05) is 0 Å². The molecule has 1 aromatic rings. The van der Waals surface area contributed by atoms with Crippen LogP contribution in [0.3, 0.4) is 0 Å². The number of halogens is 1. The molecule has 0 amide bonds. The molecule has 2 atom stereocenters. The fourth-order valence-corrected chi connectivity index (χ4v) is 3.72. The molecule has 0 bridgehead atoms. The van der Waals surface area contributed by atoms with Crippen LogP contribution >= 0.6 is 0 Å². The van der Waals surface area contributed by atoms with E-state index < -0.39 is 33.6 Å². The molecule has 0 radical (unpaired) electrons. The third-order valence-corrected chi connectivity index (χ3v) is 4.47. The lowest BCUT2D eigenvalue weighted by Crippen LogP contribution is -2.39. The lowest BCUT2D eigenvalue weighted by molar-refractivity contribution is 0.178. The van der Waals surface area contributed by atoms with Gasteiger partial charge in [0.25, 0.3) is 0 Å². The monoisotopic (exact) mass is 274 g/mol. The first-order chi connectivity index (χ1) is 8.43. The van der Waals surface area contributed by atoms with Gasteiger partial charge >= 0.3 is 0 Å². The number of rotatable bonds is 3. The summed E-state index contributed by atoms with van der Waals surface area (Å²) < 4.78 is 35.8. The Balaban J connectivity index is 2.33. The van der Waals surface area contributed by atoms with E-state index in [1.54, 1.807) is 0 Å². The molecule has 0 saturated carbocycles. The largest absolute Gasteiger partial charge is 0.390 e. The summed E-state index contributed by atoms with van der Waals surface area (Å²) in [5, 5.41) is 13.1. The van der Waals surface area contributed by atoms with Crippen molar-refractivity contribution in [2.75, 3.05) is 16.5 Å². The Bertz CT molecular complexity index is 563. The number of sulfone groups is 1. The van der Waals surface area contributed by atoms with E-state index in [1.165, 1.54) is 18.2 Å². The first-order valence-corrected chi connectivity index (χ1v) is 7.01. The minimum absolute atomic E-state index is 0.117. The maximum atomic E-state index is 13.0. The van der Waals surface area contributed by atoms with E-state index in [-0.39, 0.29) is 11.4 Å². The van der Waals surface area contributed by atoms with Crippen molar-refractivity contribution in [2.24, 2.45) is 5.29 Å². The zero-order chi connectivity index (χ0) is 13.3. The van der Waals surface area contributed by atoms with Crippen LogP contribution in [0.4, 0.5) is 10.1 Å². The maximum Gasteiger partial charge on any atom is 0.155 e. The molecular weight excluding hydrogens is 263 g/mol. The van der Waals surface area contributed by atoms with Crippen LogP contribution in [0.25, 0.3) is 0 Å². The highest BCUT2D eigenvalue weighted by atomic mass is 32.2. The number of aliphatic hydroxyl groups excluding tert-OH is 1. The molecule has 1 aliphatic heterocycles. The number of benzene rings is 1. The lowest BCUT2D eigenvalue weighted by Gasteiger charge is -2.23. The van der Waals surface area contributed by atoms with Crippen molar-refractivity contribution in [3.63, 3.8) is 0 Å². The van der Waals surface area contributed by atoms with Gasteiger partial charge in [0.2, 0.25) is 0 Å². The topological polar surface area (TPSA) is 87.0 Å². The predicted octanol–water partition coefficient (Wildman–Crippen LogP) is 0.471. The average molecular weight is 274 g/mol. The molecule has 0 aliphatic carbocycles. The number of aliphatic hydroxyl groups is 1. The number of hydrogen-bond donors (Lipinski definition) is 1. The molecule has 6 nitrogen and oxygen atoms in total. The van der Waals surface area contributed by atoms with Crippen LogP contribution in [-0.4, -0.2) is 37.2 Å². The molecule has 2 unspecified atom stereocenters. The van der Waals surface area contributed by atoms with Crippen molar-refractivity contribution >= 4 is 15.5 Å². The molecule has 1 N–H and O–H groups in total. The Morgan fingerprint density at radius 2 is 2.11 bits per heavy atom. The number of anilines is 1. The number of nitroso groups, excluding NO2 is 1. The molecule has 1 saturated heterocycles. The average Bonchev–Trinajstić information content (AvgIpc) is 2.54. The van der Waals surface area contributed by atoms with Crippen LogP contribution < -0.4 is 5.01 Å². The molecule has 1 aromatic carbocycles. The minimum Gasteiger partial charge on any atom is -0.390 e. The van der Waals surface area contributed by atoms with Gasteiger partial charge in [-0.3, -0.25) is 0 Å². The summed E-state index contributed by atoms with van der Waals surface area (Å²) in [6.45, 7) is 0. The van der Waals surface area contributed by atoms with Gasteiger partial charge in [-0.15, -0.1) is 4.91 Å². The van der Waals surface area contributed by atoms with E-state index in [9.17, 15) is 22.8 Å². The quantitative estimate of drug-likeness (QED) is 0.639. The second kappa shape index (κ2) is 4.62. The van der Waals surface area contributed by atoms with E-state index in [4.69, 9.17) is 0 Å². The Kier molecular flexibility index (Phi) is 3.31. The molecule has 2 rings (SSSR count). The van der Waals surface area contributed by atoms with Crippen molar-refractivity contribution < 1.29 is 17.9 Å². The molecule has 0 aromatic heterocycles. The van der Waals surface area contributed by atoms with E-state index in [2.05, 4.69) is 5.29 Å². The molecule has 0 spiro atoms. The minimum atomic E-state index is -3.40. The molecule has 1 fully saturated rings. The summed E-state index contributed by atoms with van der Waals surface area (Å²) in [5.74, 6) is -1.37. The highest BCUT2D eigenvalue weighted by Gasteiger charge is 2.41. The van der Waals surface area contributed by atoms with Crippen LogP contribution in [0.5, 0.6) is 0 Å². The normalized spacial score (nSPS) is 25.9. The SMILES string of the molecule is O=NN(c1cccc(F)c1)C1CS(=O)(=O)CC1O. The van der Waals surface area contributed by atoms with Gasteiger partial charge in [0.15, 0.2) is 9.84 Å². The Labute approximate surface area is 103 Å². The van der Waals surface area contributed by atoms with Crippen LogP contribution in [0, 0.1) is 10.7 Å². The number of hydrogen-bond acceptors (Lipinski definition) is 5. The molecule has 1 aliphatic rings. The smallest absolute Gasteiger partial charge is 0.155 e. The fourth-order valence-electron chi connectivity index (χ4n) is 1.96. The molecule has 1 heterocycles. The fraction of sp³-hybridized carbons (Fsp3) is 0.400. The lowest BCUT2D eigenvalue weighted by atomic mass is 10.2. The maximum absolute atomic E-state index is 13.0. The molecule has 8 heteroatoms. The molecule has 98 valence electrons. The Morgan fingerprint density at radius 3 is 2.61 bits per heavy atom. The van der Waals surface area contributed by atoms with Gasteiger partial charge in [-0.05, 0) is 18.2 Å². The van der Waals surface area contributed by atoms with Crippen molar-refractivity contribution in [3.05, 3.63) is 35.0 Å². The van der Waals surface area contributed by atoms with Crippen LogP contribution in [0.2, 0.25) is 0 Å². The van der Waals surface area contributed by atoms with E-state index in [0.29, 0.717) is 0 Å². The van der Waals surface area contributed by atoms with Crippen LogP contribution in [0.1, 0.15) is 0 Å². The second-order valence-electron chi connectivity index (χ2n) is 4.12. The zero-order valence-corrected chi connectivity index (χ0v) is 10.0. The van der Waals surface area contributed by atoms with Crippen molar-refractivity contribution in [1.82, 2.24) is 0 Å². The third kappa shape index (κ3) is 2.49. The Hall–Kier alpha value is -1.54. The third-order valence-electron chi connectivity index (χ3n) is 2.77. The summed E-state index contributed by atoms with van der Waals surface area (Å²) in [6.07, 6.45) is -1.21. The second-order valence-corrected chi connectivity index (χ2v) is 6.27. The van der Waals surface area contributed by atoms with Crippen LogP contribution in [-0.2, 0) is 9.84 Å². The summed E-state index contributed by atoms with van der Waals surface area (Å²) in [7, 11) is -3.40. The predicted molar refractivity (Wildman–Crippen MR) is 63.1 cm³/mol. The van der Waals surface area contributed by atoms with Gasteiger partial charge in [-0.2, -0.15) is 0 Å². The highest BCUT2D eigenvalue weighted by molar-refractivity contribution is 7.91. The van der Waals surface area contributed by atoms with E-state index in [1.807, 2.05) is 0 Å². The Morgan fingerprint density at radius 1 is 1.39 bits per heavy atom. The highest BCUT2D eigenvalue weighted by Crippen LogP contribution is 2.25. The van der Waals surface area contributed by atoms with E-state index in [0.717, 1.165) is 11.1 Å².